The van der Waals surface area contributed by atoms with Crippen LogP contribution in [0.5, 0.6) is 11.5 Å². The smallest absolute Gasteiger partial charge is 0.258 e. The monoisotopic (exact) mass is 327 g/mol. The molecule has 0 atom stereocenters. The summed E-state index contributed by atoms with van der Waals surface area (Å²) >= 11 is 0. The average molecular weight is 327 g/mol. The number of hydrogen-bond donors (Lipinski definition) is 1. The number of hydrogen-bond acceptors (Lipinski definition) is 3. The van der Waals surface area contributed by atoms with Gasteiger partial charge in [0, 0.05) is 0 Å². The fourth-order valence-electron chi connectivity index (χ4n) is 2.45. The van der Waals surface area contributed by atoms with E-state index in [2.05, 4.69) is 11.4 Å². The molecule has 2 aromatic carbocycles. The summed E-state index contributed by atoms with van der Waals surface area (Å²) in [5.74, 6) is 1.42. The zero-order valence-corrected chi connectivity index (χ0v) is 14.8. The Morgan fingerprint density at radius 3 is 2.42 bits per heavy atom. The summed E-state index contributed by atoms with van der Waals surface area (Å²) < 4.78 is 11.2. The van der Waals surface area contributed by atoms with Gasteiger partial charge in [-0.3, -0.25) is 4.79 Å². The predicted octanol–water partition coefficient (Wildman–Crippen LogP) is 3.49. The van der Waals surface area contributed by atoms with Crippen molar-refractivity contribution in [3.63, 3.8) is 0 Å². The van der Waals surface area contributed by atoms with Gasteiger partial charge in [-0.2, -0.15) is 0 Å². The quantitative estimate of drug-likeness (QED) is 0.792. The van der Waals surface area contributed by atoms with Crippen LogP contribution in [0.1, 0.15) is 22.3 Å². The van der Waals surface area contributed by atoms with Gasteiger partial charge in [0.2, 0.25) is 0 Å². The largest absolute Gasteiger partial charge is 0.491 e. The predicted molar refractivity (Wildman–Crippen MR) is 95.8 cm³/mol. The highest BCUT2D eigenvalue weighted by atomic mass is 16.5. The van der Waals surface area contributed by atoms with Crippen molar-refractivity contribution in [1.29, 1.82) is 0 Å². The molecular formula is C20H25NO3. The van der Waals surface area contributed by atoms with E-state index in [1.54, 1.807) is 0 Å². The van der Waals surface area contributed by atoms with Crippen LogP contribution in [0.25, 0.3) is 0 Å². The molecule has 0 radical (unpaired) electrons. The van der Waals surface area contributed by atoms with Gasteiger partial charge in [-0.05, 0) is 68.1 Å². The Labute approximate surface area is 143 Å². The van der Waals surface area contributed by atoms with E-state index in [0.717, 1.165) is 22.4 Å². The van der Waals surface area contributed by atoms with Crippen LogP contribution in [0.15, 0.2) is 36.4 Å². The number of ether oxygens (including phenoxy) is 2. The molecule has 2 rings (SSSR count). The summed E-state index contributed by atoms with van der Waals surface area (Å²) in [6.07, 6.45) is 0. The van der Waals surface area contributed by atoms with Crippen LogP contribution in [-0.2, 0) is 4.79 Å². The van der Waals surface area contributed by atoms with Crippen molar-refractivity contribution in [2.75, 3.05) is 19.8 Å². The van der Waals surface area contributed by atoms with Crippen molar-refractivity contribution in [2.45, 2.75) is 27.7 Å². The Morgan fingerprint density at radius 1 is 1.00 bits per heavy atom. The van der Waals surface area contributed by atoms with Crippen molar-refractivity contribution in [1.82, 2.24) is 5.32 Å². The molecule has 0 heterocycles. The van der Waals surface area contributed by atoms with Crippen LogP contribution in [-0.4, -0.2) is 25.7 Å². The van der Waals surface area contributed by atoms with E-state index in [1.807, 2.05) is 58.0 Å². The summed E-state index contributed by atoms with van der Waals surface area (Å²) in [5, 5.41) is 2.80. The Bertz CT molecular complexity index is 690. The lowest BCUT2D eigenvalue weighted by Gasteiger charge is -2.12. The SMILES string of the molecule is Cc1cc(C)cc(OCC(=O)NCCOc2cccc(C)c2C)c1. The third-order valence-corrected chi connectivity index (χ3v) is 3.80. The summed E-state index contributed by atoms with van der Waals surface area (Å²) in [5.41, 5.74) is 4.56. The molecule has 0 unspecified atom stereocenters. The number of nitrogens with one attached hydrogen (secondary N) is 1. The third-order valence-electron chi connectivity index (χ3n) is 3.80. The van der Waals surface area contributed by atoms with E-state index >= 15 is 0 Å². The van der Waals surface area contributed by atoms with Crippen LogP contribution in [0.4, 0.5) is 0 Å². The fraction of sp³-hybridized carbons (Fsp3) is 0.350. The first-order valence-electron chi connectivity index (χ1n) is 8.12. The second-order valence-corrected chi connectivity index (χ2v) is 6.01. The minimum absolute atomic E-state index is 0.00632. The zero-order chi connectivity index (χ0) is 17.5. The minimum Gasteiger partial charge on any atom is -0.491 e. The molecule has 4 heteroatoms. The van der Waals surface area contributed by atoms with E-state index in [-0.39, 0.29) is 12.5 Å². The number of amides is 1. The van der Waals surface area contributed by atoms with Crippen LogP contribution in [0.2, 0.25) is 0 Å². The van der Waals surface area contributed by atoms with E-state index in [4.69, 9.17) is 9.47 Å². The number of aryl methyl sites for hydroxylation is 3. The Morgan fingerprint density at radius 2 is 1.71 bits per heavy atom. The minimum atomic E-state index is -0.154. The van der Waals surface area contributed by atoms with Crippen LogP contribution >= 0.6 is 0 Å². The van der Waals surface area contributed by atoms with Gasteiger partial charge in [-0.1, -0.05) is 18.2 Å². The van der Waals surface area contributed by atoms with Gasteiger partial charge in [-0.25, -0.2) is 0 Å². The standard InChI is InChI=1S/C20H25NO3/c1-14-10-15(2)12-18(11-14)24-13-20(22)21-8-9-23-19-7-5-6-16(3)17(19)4/h5-7,10-12H,8-9,13H2,1-4H3,(H,21,22). The Hall–Kier alpha value is -2.49. The van der Waals surface area contributed by atoms with Crippen LogP contribution in [0.3, 0.4) is 0 Å². The number of rotatable bonds is 7. The summed E-state index contributed by atoms with van der Waals surface area (Å²) in [7, 11) is 0. The molecule has 1 amide bonds. The van der Waals surface area contributed by atoms with E-state index in [1.165, 1.54) is 5.56 Å². The van der Waals surface area contributed by atoms with Crippen molar-refractivity contribution in [3.05, 3.63) is 58.7 Å². The summed E-state index contributed by atoms with van der Waals surface area (Å²) in [6, 6.07) is 11.9. The van der Waals surface area contributed by atoms with Crippen molar-refractivity contribution < 1.29 is 14.3 Å². The van der Waals surface area contributed by atoms with Gasteiger partial charge in [0.25, 0.3) is 5.91 Å². The van der Waals surface area contributed by atoms with Crippen molar-refractivity contribution >= 4 is 5.91 Å². The normalized spacial score (nSPS) is 10.3. The maximum absolute atomic E-state index is 11.8. The molecule has 0 aliphatic rings. The van der Waals surface area contributed by atoms with E-state index in [9.17, 15) is 4.79 Å². The van der Waals surface area contributed by atoms with Crippen LogP contribution < -0.4 is 14.8 Å². The molecule has 128 valence electrons. The molecular weight excluding hydrogens is 302 g/mol. The molecule has 0 aromatic heterocycles. The molecule has 0 aliphatic heterocycles. The second-order valence-electron chi connectivity index (χ2n) is 6.01. The van der Waals surface area contributed by atoms with Gasteiger partial charge in [0.05, 0.1) is 6.54 Å². The topological polar surface area (TPSA) is 47.6 Å². The average Bonchev–Trinajstić information content (AvgIpc) is 2.52. The summed E-state index contributed by atoms with van der Waals surface area (Å²) in [4.78, 5) is 11.8. The molecule has 24 heavy (non-hydrogen) atoms. The fourth-order valence-corrected chi connectivity index (χ4v) is 2.45. The van der Waals surface area contributed by atoms with Gasteiger partial charge in [0.15, 0.2) is 6.61 Å². The number of benzene rings is 2. The number of carbonyl (C=O) groups is 1. The van der Waals surface area contributed by atoms with Crippen molar-refractivity contribution in [3.8, 4) is 11.5 Å². The molecule has 1 N–H and O–H groups in total. The highest BCUT2D eigenvalue weighted by Gasteiger charge is 2.05. The van der Waals surface area contributed by atoms with Gasteiger partial charge in [0.1, 0.15) is 18.1 Å². The molecule has 0 bridgehead atoms. The third kappa shape index (κ3) is 5.30. The highest BCUT2D eigenvalue weighted by Crippen LogP contribution is 2.20. The molecule has 0 saturated carbocycles. The van der Waals surface area contributed by atoms with Crippen LogP contribution in [0, 0.1) is 27.7 Å². The van der Waals surface area contributed by atoms with Gasteiger partial charge >= 0.3 is 0 Å². The Kier molecular flexibility index (Phi) is 6.24. The van der Waals surface area contributed by atoms with Gasteiger partial charge in [-0.15, -0.1) is 0 Å². The van der Waals surface area contributed by atoms with Crippen molar-refractivity contribution in [2.24, 2.45) is 0 Å². The van der Waals surface area contributed by atoms with Gasteiger partial charge < -0.3 is 14.8 Å². The molecule has 2 aromatic rings. The lowest BCUT2D eigenvalue weighted by atomic mass is 10.1. The van der Waals surface area contributed by atoms with E-state index in [0.29, 0.717) is 18.9 Å². The first-order chi connectivity index (χ1) is 11.5. The summed E-state index contributed by atoms with van der Waals surface area (Å²) in [6.45, 7) is 8.97. The first kappa shape index (κ1) is 17.9. The lowest BCUT2D eigenvalue weighted by molar-refractivity contribution is -0.123. The molecule has 0 saturated heterocycles. The molecule has 4 nitrogen and oxygen atoms in total. The molecule has 0 fully saturated rings. The first-order valence-corrected chi connectivity index (χ1v) is 8.12. The maximum atomic E-state index is 11.8. The maximum Gasteiger partial charge on any atom is 0.258 e. The second kappa shape index (κ2) is 8.39. The molecule has 0 spiro atoms. The number of carbonyl (C=O) groups excluding carboxylic acids is 1. The van der Waals surface area contributed by atoms with E-state index < -0.39 is 0 Å². The Balaban J connectivity index is 1.71. The lowest BCUT2D eigenvalue weighted by Crippen LogP contribution is -2.32. The molecule has 0 aliphatic carbocycles. The highest BCUT2D eigenvalue weighted by molar-refractivity contribution is 5.77. The zero-order valence-electron chi connectivity index (χ0n) is 14.8.